The topological polar surface area (TPSA) is 74.7 Å². The summed E-state index contributed by atoms with van der Waals surface area (Å²) in [6.45, 7) is 4.14. The van der Waals surface area contributed by atoms with Gasteiger partial charge in [-0.25, -0.2) is 14.1 Å². The maximum atomic E-state index is 13.9. The smallest absolute Gasteiger partial charge is 0.221 e. The minimum Gasteiger partial charge on any atom is -0.490 e. The number of nitrogens with zero attached hydrogens (tertiary/aromatic N) is 3. The van der Waals surface area contributed by atoms with Crippen LogP contribution in [0.25, 0.3) is 0 Å². The summed E-state index contributed by atoms with van der Waals surface area (Å²) in [5, 5.41) is 4.60. The summed E-state index contributed by atoms with van der Waals surface area (Å²) in [4.78, 5) is 4.09. The van der Waals surface area contributed by atoms with E-state index in [-0.39, 0.29) is 6.61 Å². The van der Waals surface area contributed by atoms with Gasteiger partial charge in [-0.15, -0.1) is 0 Å². The molecule has 2 aromatic carbocycles. The predicted molar refractivity (Wildman–Crippen MR) is 108 cm³/mol. The van der Waals surface area contributed by atoms with Crippen LogP contribution in [0.4, 0.5) is 10.3 Å². The Hall–Kier alpha value is -3.06. The molecule has 0 radical (unpaired) electrons. The Balaban J connectivity index is 1.80. The summed E-state index contributed by atoms with van der Waals surface area (Å²) >= 11 is 6.05. The average Bonchev–Trinajstić information content (AvgIpc) is 2.98. The molecule has 3 aromatic rings. The van der Waals surface area contributed by atoms with Crippen LogP contribution in [0.1, 0.15) is 23.7 Å². The van der Waals surface area contributed by atoms with Crippen LogP contribution in [-0.4, -0.2) is 22.5 Å². The first-order valence-corrected chi connectivity index (χ1v) is 9.04. The largest absolute Gasteiger partial charge is 0.490 e. The van der Waals surface area contributed by atoms with Gasteiger partial charge in [-0.3, -0.25) is 0 Å². The van der Waals surface area contributed by atoms with Crippen molar-refractivity contribution < 1.29 is 13.9 Å². The van der Waals surface area contributed by atoms with Gasteiger partial charge in [0.15, 0.2) is 11.5 Å². The standard InChI is InChI=1S/C20H20ClFN4O2/c1-3-27-19-9-14(10-24-26-11-13(2)25-20(26)23)7-8-18(19)28-12-15-16(21)5-4-6-17(15)22/h4-11H,3,12H2,1-2H3,(H2,23,25). The number of nitrogen functional groups attached to an aromatic ring is 1. The minimum atomic E-state index is -0.414. The number of nitrogens with two attached hydrogens (primary N) is 1. The number of ether oxygens (including phenoxy) is 2. The molecule has 0 atom stereocenters. The zero-order chi connectivity index (χ0) is 20.1. The van der Waals surface area contributed by atoms with Crippen molar-refractivity contribution in [3.63, 3.8) is 0 Å². The fraction of sp³-hybridized carbons (Fsp3) is 0.200. The van der Waals surface area contributed by atoms with Crippen LogP contribution in [0.5, 0.6) is 11.5 Å². The van der Waals surface area contributed by atoms with Gasteiger partial charge in [0.05, 0.1) is 29.7 Å². The quantitative estimate of drug-likeness (QED) is 0.593. The van der Waals surface area contributed by atoms with E-state index in [0.717, 1.165) is 11.3 Å². The molecule has 146 valence electrons. The molecule has 0 fully saturated rings. The first kappa shape index (κ1) is 19.7. The number of benzene rings is 2. The Morgan fingerprint density at radius 1 is 1.25 bits per heavy atom. The van der Waals surface area contributed by atoms with Crippen LogP contribution in [0.3, 0.4) is 0 Å². The summed E-state index contributed by atoms with van der Waals surface area (Å²) in [5.41, 5.74) is 7.63. The molecular formula is C20H20ClFN4O2. The van der Waals surface area contributed by atoms with Gasteiger partial charge in [-0.05, 0) is 49.7 Å². The lowest BCUT2D eigenvalue weighted by atomic mass is 10.2. The van der Waals surface area contributed by atoms with Gasteiger partial charge in [0.1, 0.15) is 12.4 Å². The van der Waals surface area contributed by atoms with Gasteiger partial charge >= 0.3 is 0 Å². The SMILES string of the molecule is CCOc1cc(C=Nn2cc(C)nc2N)ccc1OCc1c(F)cccc1Cl. The summed E-state index contributed by atoms with van der Waals surface area (Å²) in [6.07, 6.45) is 3.36. The molecule has 0 aliphatic heterocycles. The van der Waals surface area contributed by atoms with E-state index in [1.165, 1.54) is 10.7 Å². The lowest BCUT2D eigenvalue weighted by Crippen LogP contribution is -2.03. The van der Waals surface area contributed by atoms with Crippen molar-refractivity contribution in [2.45, 2.75) is 20.5 Å². The Labute approximate surface area is 167 Å². The van der Waals surface area contributed by atoms with Gasteiger partial charge in [-0.1, -0.05) is 17.7 Å². The number of anilines is 1. The van der Waals surface area contributed by atoms with Crippen molar-refractivity contribution in [2.24, 2.45) is 5.10 Å². The highest BCUT2D eigenvalue weighted by atomic mass is 35.5. The van der Waals surface area contributed by atoms with Crippen LogP contribution >= 0.6 is 11.6 Å². The van der Waals surface area contributed by atoms with E-state index in [2.05, 4.69) is 10.1 Å². The fourth-order valence-electron chi connectivity index (χ4n) is 2.54. The molecule has 0 bridgehead atoms. The van der Waals surface area contributed by atoms with E-state index in [0.29, 0.717) is 34.6 Å². The number of halogens is 2. The molecule has 0 saturated carbocycles. The molecule has 0 spiro atoms. The predicted octanol–water partition coefficient (Wildman–Crippen LogP) is 4.43. The van der Waals surface area contributed by atoms with Gasteiger partial charge in [0, 0.05) is 5.56 Å². The van der Waals surface area contributed by atoms with E-state index in [4.69, 9.17) is 26.8 Å². The second kappa shape index (κ2) is 8.75. The molecule has 0 aliphatic carbocycles. The third-order valence-electron chi connectivity index (χ3n) is 3.87. The molecular weight excluding hydrogens is 383 g/mol. The average molecular weight is 403 g/mol. The van der Waals surface area contributed by atoms with E-state index in [1.807, 2.05) is 19.9 Å². The van der Waals surface area contributed by atoms with Crippen molar-refractivity contribution in [1.82, 2.24) is 9.66 Å². The molecule has 2 N–H and O–H groups in total. The van der Waals surface area contributed by atoms with Crippen molar-refractivity contribution >= 4 is 23.8 Å². The number of hydrogen-bond acceptors (Lipinski definition) is 5. The van der Waals surface area contributed by atoms with Crippen molar-refractivity contribution in [3.8, 4) is 11.5 Å². The lowest BCUT2D eigenvalue weighted by Gasteiger charge is -2.13. The molecule has 28 heavy (non-hydrogen) atoms. The van der Waals surface area contributed by atoms with Crippen LogP contribution < -0.4 is 15.2 Å². The number of rotatable bonds is 7. The van der Waals surface area contributed by atoms with Crippen molar-refractivity contribution in [3.05, 3.63) is 70.3 Å². The highest BCUT2D eigenvalue weighted by Crippen LogP contribution is 2.30. The molecule has 0 saturated heterocycles. The zero-order valence-corrected chi connectivity index (χ0v) is 16.3. The lowest BCUT2D eigenvalue weighted by molar-refractivity contribution is 0.266. The maximum Gasteiger partial charge on any atom is 0.221 e. The number of imidazole rings is 1. The summed E-state index contributed by atoms with van der Waals surface area (Å²) in [5.74, 6) is 0.896. The summed E-state index contributed by atoms with van der Waals surface area (Å²) in [7, 11) is 0. The highest BCUT2D eigenvalue weighted by molar-refractivity contribution is 6.31. The van der Waals surface area contributed by atoms with Crippen LogP contribution in [-0.2, 0) is 6.61 Å². The normalized spacial score (nSPS) is 11.1. The van der Waals surface area contributed by atoms with Gasteiger partial charge in [0.2, 0.25) is 5.95 Å². The molecule has 3 rings (SSSR count). The maximum absolute atomic E-state index is 13.9. The Bertz CT molecular complexity index is 984. The van der Waals surface area contributed by atoms with Crippen LogP contribution in [0.2, 0.25) is 5.02 Å². The fourth-order valence-corrected chi connectivity index (χ4v) is 2.76. The van der Waals surface area contributed by atoms with Crippen molar-refractivity contribution in [1.29, 1.82) is 0 Å². The number of hydrogen-bond donors (Lipinski definition) is 1. The molecule has 6 nitrogen and oxygen atoms in total. The first-order valence-electron chi connectivity index (χ1n) is 8.66. The van der Waals surface area contributed by atoms with Gasteiger partial charge in [0.25, 0.3) is 0 Å². The van der Waals surface area contributed by atoms with E-state index in [9.17, 15) is 4.39 Å². The van der Waals surface area contributed by atoms with Crippen molar-refractivity contribution in [2.75, 3.05) is 12.3 Å². The monoisotopic (exact) mass is 402 g/mol. The van der Waals surface area contributed by atoms with Crippen LogP contribution in [0.15, 0.2) is 47.7 Å². The molecule has 1 aromatic heterocycles. The summed E-state index contributed by atoms with van der Waals surface area (Å²) < 4.78 is 26.8. The minimum absolute atomic E-state index is 0.0101. The number of aromatic nitrogens is 2. The second-order valence-corrected chi connectivity index (χ2v) is 6.36. The highest BCUT2D eigenvalue weighted by Gasteiger charge is 2.11. The van der Waals surface area contributed by atoms with Gasteiger partial charge in [-0.2, -0.15) is 5.10 Å². The molecule has 0 unspecified atom stereocenters. The zero-order valence-electron chi connectivity index (χ0n) is 15.5. The van der Waals surface area contributed by atoms with E-state index >= 15 is 0 Å². The number of aryl methyl sites for hydroxylation is 1. The third-order valence-corrected chi connectivity index (χ3v) is 4.22. The molecule has 0 aliphatic rings. The molecule has 0 amide bonds. The second-order valence-electron chi connectivity index (χ2n) is 5.96. The Kier molecular flexibility index (Phi) is 6.16. The summed E-state index contributed by atoms with van der Waals surface area (Å²) in [6, 6.07) is 9.85. The van der Waals surface area contributed by atoms with Gasteiger partial charge < -0.3 is 15.2 Å². The third kappa shape index (κ3) is 4.61. The first-order chi connectivity index (χ1) is 13.5. The van der Waals surface area contributed by atoms with E-state index in [1.54, 1.807) is 36.7 Å². The Morgan fingerprint density at radius 3 is 2.75 bits per heavy atom. The Morgan fingerprint density at radius 2 is 2.07 bits per heavy atom. The van der Waals surface area contributed by atoms with Crippen LogP contribution in [0, 0.1) is 12.7 Å². The molecule has 1 heterocycles. The molecule has 8 heteroatoms. The van der Waals surface area contributed by atoms with E-state index < -0.39 is 5.82 Å².